The van der Waals surface area contributed by atoms with Crippen LogP contribution in [-0.4, -0.2) is 33.4 Å². The molecule has 2 rings (SSSR count). The third kappa shape index (κ3) is 5.89. The second-order valence-electron chi connectivity index (χ2n) is 5.56. The number of hydrogen-bond donors (Lipinski definition) is 1. The van der Waals surface area contributed by atoms with E-state index in [9.17, 15) is 17.6 Å². The van der Waals surface area contributed by atoms with E-state index >= 15 is 0 Å². The van der Waals surface area contributed by atoms with Crippen LogP contribution in [0, 0.1) is 5.82 Å². The lowest BCUT2D eigenvalue weighted by molar-refractivity contribution is -0.113. The summed E-state index contributed by atoms with van der Waals surface area (Å²) in [5.41, 5.74) is 1.41. The summed E-state index contributed by atoms with van der Waals surface area (Å²) in [4.78, 5) is 12.0. The highest BCUT2D eigenvalue weighted by Crippen LogP contribution is 2.22. The summed E-state index contributed by atoms with van der Waals surface area (Å²) < 4.78 is 38.0. The van der Waals surface area contributed by atoms with Gasteiger partial charge in [0.15, 0.2) is 0 Å². The first-order valence-corrected chi connectivity index (χ1v) is 10.9. The lowest BCUT2D eigenvalue weighted by atomic mass is 10.2. The highest BCUT2D eigenvalue weighted by molar-refractivity contribution is 7.99. The van der Waals surface area contributed by atoms with Gasteiger partial charge in [0.25, 0.3) is 0 Å². The Labute approximate surface area is 161 Å². The predicted octanol–water partition coefficient (Wildman–Crippen LogP) is 3.75. The molecule has 0 spiro atoms. The monoisotopic (exact) mass is 416 g/mol. The first kappa shape index (κ1) is 20.5. The second-order valence-corrected chi connectivity index (χ2v) is 8.99. The maximum Gasteiger partial charge on any atom is 0.234 e. The van der Waals surface area contributed by atoms with Gasteiger partial charge in [-0.15, -0.1) is 11.8 Å². The number of thioether (sulfide) groups is 1. The van der Waals surface area contributed by atoms with Gasteiger partial charge in [0.05, 0.1) is 17.7 Å². The number of amides is 1. The summed E-state index contributed by atoms with van der Waals surface area (Å²) in [7, 11) is -1.94. The number of benzene rings is 2. The molecule has 0 aliphatic carbocycles. The second kappa shape index (κ2) is 8.75. The topological polar surface area (TPSA) is 66.5 Å². The summed E-state index contributed by atoms with van der Waals surface area (Å²) in [6, 6.07) is 11.0. The molecule has 1 amide bonds. The molecule has 1 N–H and O–H groups in total. The fourth-order valence-electron chi connectivity index (χ4n) is 2.06. The summed E-state index contributed by atoms with van der Waals surface area (Å²) >= 11 is 6.97. The third-order valence-corrected chi connectivity index (χ3v) is 5.92. The van der Waals surface area contributed by atoms with Crippen molar-refractivity contribution in [2.75, 3.05) is 28.7 Å². The zero-order chi connectivity index (χ0) is 19.3. The van der Waals surface area contributed by atoms with Gasteiger partial charge in [0.1, 0.15) is 5.82 Å². The molecule has 26 heavy (non-hydrogen) atoms. The van der Waals surface area contributed by atoms with Crippen LogP contribution in [0.15, 0.2) is 42.5 Å². The number of rotatable bonds is 7. The quantitative estimate of drug-likeness (QED) is 0.746. The molecule has 0 unspecified atom stereocenters. The molecule has 0 heterocycles. The van der Waals surface area contributed by atoms with Gasteiger partial charge in [-0.2, -0.15) is 0 Å². The number of carbonyl (C=O) groups excluding carboxylic acids is 1. The minimum Gasteiger partial charge on any atom is -0.325 e. The van der Waals surface area contributed by atoms with Gasteiger partial charge in [0.2, 0.25) is 15.9 Å². The molecule has 0 aliphatic rings. The predicted molar refractivity (Wildman–Crippen MR) is 106 cm³/mol. The van der Waals surface area contributed by atoms with E-state index in [0.717, 1.165) is 10.6 Å². The average molecular weight is 417 g/mol. The fraction of sp³-hybridized carbons (Fsp3) is 0.235. The van der Waals surface area contributed by atoms with Crippen molar-refractivity contribution in [3.8, 4) is 0 Å². The zero-order valence-corrected chi connectivity index (χ0v) is 16.6. The number of nitrogens with zero attached hydrogens (tertiary/aromatic N) is 1. The molecular weight excluding hydrogens is 399 g/mol. The fourth-order valence-corrected chi connectivity index (χ4v) is 3.53. The van der Waals surface area contributed by atoms with Gasteiger partial charge in [0, 0.05) is 23.5 Å². The van der Waals surface area contributed by atoms with E-state index < -0.39 is 15.8 Å². The maximum absolute atomic E-state index is 13.7. The van der Waals surface area contributed by atoms with Crippen molar-refractivity contribution in [3.63, 3.8) is 0 Å². The molecule has 0 bridgehead atoms. The number of anilines is 2. The highest BCUT2D eigenvalue weighted by Gasteiger charge is 2.13. The molecule has 0 radical (unpaired) electrons. The van der Waals surface area contributed by atoms with Crippen LogP contribution in [0.4, 0.5) is 15.8 Å². The van der Waals surface area contributed by atoms with Crippen LogP contribution in [-0.2, 0) is 20.6 Å². The minimum absolute atomic E-state index is 0.133. The van der Waals surface area contributed by atoms with Gasteiger partial charge in [-0.3, -0.25) is 9.10 Å². The molecule has 0 saturated carbocycles. The molecule has 0 fully saturated rings. The van der Waals surface area contributed by atoms with Gasteiger partial charge >= 0.3 is 0 Å². The lowest BCUT2D eigenvalue weighted by Crippen LogP contribution is -2.25. The number of hydrogen-bond acceptors (Lipinski definition) is 4. The number of sulfonamides is 1. The molecule has 9 heteroatoms. The van der Waals surface area contributed by atoms with Crippen LogP contribution >= 0.6 is 23.4 Å². The smallest absolute Gasteiger partial charge is 0.234 e. The SMILES string of the molecule is CN(c1cccc(NC(=O)CSCc2ccc(Cl)cc2F)c1)S(C)(=O)=O. The van der Waals surface area contributed by atoms with E-state index in [1.165, 1.54) is 24.9 Å². The Hall–Kier alpha value is -1.77. The Morgan fingerprint density at radius 1 is 1.27 bits per heavy atom. The standard InChI is InChI=1S/C17H18ClFN2O3S2/c1-21(26(2,23)24)15-5-3-4-14(9-15)20-17(22)11-25-10-12-6-7-13(18)8-16(12)19/h3-9H,10-11H2,1-2H3,(H,20,22). The van der Waals surface area contributed by atoms with Crippen LogP contribution < -0.4 is 9.62 Å². The Morgan fingerprint density at radius 2 is 2.00 bits per heavy atom. The van der Waals surface area contributed by atoms with Gasteiger partial charge in [-0.25, -0.2) is 12.8 Å². The first-order chi connectivity index (χ1) is 12.2. The average Bonchev–Trinajstić information content (AvgIpc) is 2.55. The molecule has 140 valence electrons. The molecule has 0 saturated heterocycles. The third-order valence-electron chi connectivity index (χ3n) is 3.50. The number of halogens is 2. The van der Waals surface area contributed by atoms with E-state index in [2.05, 4.69) is 5.32 Å². The summed E-state index contributed by atoms with van der Waals surface area (Å²) in [5, 5.41) is 3.03. The molecule has 0 aromatic heterocycles. The van der Waals surface area contributed by atoms with Gasteiger partial charge in [-0.1, -0.05) is 23.7 Å². The van der Waals surface area contributed by atoms with Gasteiger partial charge in [-0.05, 0) is 35.9 Å². The van der Waals surface area contributed by atoms with Crippen LogP contribution in [0.3, 0.4) is 0 Å². The van der Waals surface area contributed by atoms with Crippen molar-refractivity contribution < 1.29 is 17.6 Å². The van der Waals surface area contributed by atoms with Crippen LogP contribution in [0.25, 0.3) is 0 Å². The van der Waals surface area contributed by atoms with E-state index in [0.29, 0.717) is 27.7 Å². The Bertz CT molecular complexity index is 907. The van der Waals surface area contributed by atoms with Crippen LogP contribution in [0.1, 0.15) is 5.56 Å². The molecule has 5 nitrogen and oxygen atoms in total. The normalized spacial score (nSPS) is 11.2. The van der Waals surface area contributed by atoms with Crippen molar-refractivity contribution in [2.45, 2.75) is 5.75 Å². The number of nitrogens with one attached hydrogen (secondary N) is 1. The molecule has 0 atom stereocenters. The van der Waals surface area contributed by atoms with Crippen molar-refractivity contribution in [1.29, 1.82) is 0 Å². The van der Waals surface area contributed by atoms with E-state index in [4.69, 9.17) is 11.6 Å². The minimum atomic E-state index is -3.38. The first-order valence-electron chi connectivity index (χ1n) is 7.52. The zero-order valence-electron chi connectivity index (χ0n) is 14.2. The maximum atomic E-state index is 13.7. The van der Waals surface area contributed by atoms with E-state index in [1.807, 2.05) is 0 Å². The Kier molecular flexibility index (Phi) is 6.91. The summed E-state index contributed by atoms with van der Waals surface area (Å²) in [5.74, 6) is -0.188. The Balaban J connectivity index is 1.92. The molecular formula is C17H18ClFN2O3S2. The Morgan fingerprint density at radius 3 is 2.65 bits per heavy atom. The van der Waals surface area contributed by atoms with Crippen molar-refractivity contribution in [1.82, 2.24) is 0 Å². The van der Waals surface area contributed by atoms with Crippen molar-refractivity contribution >= 4 is 50.7 Å². The largest absolute Gasteiger partial charge is 0.325 e. The van der Waals surface area contributed by atoms with Gasteiger partial charge < -0.3 is 5.32 Å². The molecule has 2 aromatic rings. The molecule has 2 aromatic carbocycles. The van der Waals surface area contributed by atoms with E-state index in [-0.39, 0.29) is 11.7 Å². The lowest BCUT2D eigenvalue weighted by Gasteiger charge is -2.17. The highest BCUT2D eigenvalue weighted by atomic mass is 35.5. The van der Waals surface area contributed by atoms with Crippen molar-refractivity contribution in [2.24, 2.45) is 0 Å². The summed E-state index contributed by atoms with van der Waals surface area (Å²) in [6.45, 7) is 0. The van der Waals surface area contributed by atoms with Crippen molar-refractivity contribution in [3.05, 3.63) is 58.9 Å². The van der Waals surface area contributed by atoms with Crippen LogP contribution in [0.2, 0.25) is 5.02 Å². The van der Waals surface area contributed by atoms with Crippen LogP contribution in [0.5, 0.6) is 0 Å². The van der Waals surface area contributed by atoms with E-state index in [1.54, 1.807) is 36.4 Å². The molecule has 0 aliphatic heterocycles. The number of carbonyl (C=O) groups is 1. The summed E-state index contributed by atoms with van der Waals surface area (Å²) in [6.07, 6.45) is 1.10.